The first-order valence-corrected chi connectivity index (χ1v) is 49.9. The van der Waals surface area contributed by atoms with Gasteiger partial charge in [0.1, 0.15) is 0 Å². The number of ether oxygens (including phenoxy) is 4. The second-order valence-corrected chi connectivity index (χ2v) is 39.5. The highest BCUT2D eigenvalue weighted by molar-refractivity contribution is 5.82. The van der Waals surface area contributed by atoms with Gasteiger partial charge in [-0.2, -0.15) is 40.8 Å². The molecule has 6 amide bonds. The highest BCUT2D eigenvalue weighted by Crippen LogP contribution is 2.50. The first-order chi connectivity index (χ1) is 67.1. The van der Waals surface area contributed by atoms with E-state index in [1.807, 2.05) is 105 Å². The highest BCUT2D eigenvalue weighted by atomic mass is 16.5. The monoisotopic (exact) mass is 1870 g/mol. The number of hydrogen-bond acceptors (Lipinski definition) is 20. The molecule has 724 valence electrons. The van der Waals surface area contributed by atoms with E-state index in [1.165, 1.54) is 112 Å². The van der Waals surface area contributed by atoms with Crippen molar-refractivity contribution in [2.75, 3.05) is 146 Å². The molecule has 4 saturated heterocycles. The van der Waals surface area contributed by atoms with Crippen LogP contribution in [0, 0.1) is 0 Å². The third-order valence-corrected chi connectivity index (χ3v) is 30.5. The van der Waals surface area contributed by atoms with Gasteiger partial charge in [-0.05, 0) is 176 Å². The number of benzene rings is 4. The molecule has 4 fully saturated rings. The Kier molecular flexibility index (Phi) is 25.7. The van der Waals surface area contributed by atoms with Crippen molar-refractivity contribution in [3.63, 3.8) is 0 Å². The van der Waals surface area contributed by atoms with Crippen LogP contribution >= 0.6 is 0 Å². The molecule has 34 heteroatoms. The number of urea groups is 2. The second kappa shape index (κ2) is 38.8. The van der Waals surface area contributed by atoms with Gasteiger partial charge in [-0.15, -0.1) is 0 Å². The van der Waals surface area contributed by atoms with Crippen molar-refractivity contribution in [1.29, 1.82) is 0 Å². The van der Waals surface area contributed by atoms with Crippen molar-refractivity contribution < 1.29 is 38.1 Å². The summed E-state index contributed by atoms with van der Waals surface area (Å²) in [6.45, 7) is 23.0. The summed E-state index contributed by atoms with van der Waals surface area (Å²) in [6.07, 6.45) is 30.7. The van der Waals surface area contributed by atoms with Gasteiger partial charge in [0, 0.05) is 282 Å². The summed E-state index contributed by atoms with van der Waals surface area (Å²) >= 11 is 0. The van der Waals surface area contributed by atoms with E-state index in [0.717, 1.165) is 208 Å². The zero-order valence-electron chi connectivity index (χ0n) is 81.7. The number of aromatic nitrogens is 16. The fraction of sp³-hybridized carbons (Fsp3) is 0.500. The molecule has 0 spiro atoms. The predicted molar refractivity (Wildman–Crippen MR) is 528 cm³/mol. The maximum absolute atomic E-state index is 12.8. The normalized spacial score (nSPS) is 20.8. The molecule has 12 aliphatic rings. The average molecular weight is 1870 g/mol. The summed E-state index contributed by atoms with van der Waals surface area (Å²) in [7, 11) is 13.1. The molecule has 8 aromatic heterocycles. The molecule has 0 radical (unpaired) electrons. The van der Waals surface area contributed by atoms with Crippen molar-refractivity contribution in [3.05, 3.63) is 190 Å². The largest absolute Gasteiger partial charge is 0.379 e. The van der Waals surface area contributed by atoms with Crippen LogP contribution in [0.2, 0.25) is 0 Å². The molecule has 4 aromatic carbocycles. The molecule has 2 unspecified atom stereocenters. The number of fused-ring (bicyclic) bond motifs is 8. The lowest BCUT2D eigenvalue weighted by Gasteiger charge is -2.36. The highest BCUT2D eigenvalue weighted by Gasteiger charge is 2.42. The Labute approximate surface area is 806 Å². The predicted octanol–water partition coefficient (Wildman–Crippen LogP) is 14.4. The third-order valence-electron chi connectivity index (χ3n) is 30.5. The maximum Gasteiger partial charge on any atom is 0.319 e. The Hall–Kier alpha value is -12.9. The van der Waals surface area contributed by atoms with Crippen molar-refractivity contribution in [1.82, 2.24) is 108 Å². The third kappa shape index (κ3) is 17.8. The first kappa shape index (κ1) is 91.5. The maximum atomic E-state index is 12.8. The van der Waals surface area contributed by atoms with Gasteiger partial charge in [0.05, 0.1) is 102 Å². The zero-order valence-corrected chi connectivity index (χ0v) is 81.7. The van der Waals surface area contributed by atoms with Crippen LogP contribution < -0.4 is 24.9 Å². The summed E-state index contributed by atoms with van der Waals surface area (Å²) < 4.78 is 39.1. The SMILES string of the molecule is CC(=O)N1CCc2c(c(N3CCC(C)c4cc(-c5cnn(C)c5)ccc43)nn2[C@H]2CCOC2)C1.CCC1CCN(c2nn([C@H]3CCOC3)c3c2CN(C(C)=O)CC3)c2ccc(-c3cnn(C)c3)cc21.CN(C)C(=O)N1CCc2c(c(N3CCCc4cc(-c5cnn(C)c5)ccc43)nn2[C@H]2CCOC2)C1.CNC(=O)N1CCc2c(c(N3CCCc4cc(-c5cnn(C)c5)ccc43)nn2[C@H]2CCOC2)C1. The molecule has 0 bridgehead atoms. The second-order valence-electron chi connectivity index (χ2n) is 39.5. The lowest BCUT2D eigenvalue weighted by atomic mass is 9.86. The van der Waals surface area contributed by atoms with E-state index < -0.39 is 0 Å². The van der Waals surface area contributed by atoms with Crippen LogP contribution in [-0.4, -0.2) is 253 Å². The molecular formula is C104H130N26O8. The molecule has 12 aromatic rings. The van der Waals surface area contributed by atoms with Crippen LogP contribution in [0.25, 0.3) is 44.5 Å². The summed E-state index contributed by atoms with van der Waals surface area (Å²) in [4.78, 5) is 68.7. The number of nitrogens with one attached hydrogen (secondary N) is 1. The van der Waals surface area contributed by atoms with E-state index in [0.29, 0.717) is 77.5 Å². The van der Waals surface area contributed by atoms with Gasteiger partial charge in [0.15, 0.2) is 23.3 Å². The lowest BCUT2D eigenvalue weighted by molar-refractivity contribution is -0.130. The quantitative estimate of drug-likeness (QED) is 0.112. The number of carbonyl (C=O) groups excluding carboxylic acids is 4. The number of aryl methyl sites for hydroxylation is 6. The molecule has 20 heterocycles. The topological polar surface area (TPSA) is 289 Å². The van der Waals surface area contributed by atoms with Crippen molar-refractivity contribution in [2.45, 2.75) is 186 Å². The van der Waals surface area contributed by atoms with E-state index in [2.05, 4.69) is 175 Å². The Morgan fingerprint density at radius 3 is 1.07 bits per heavy atom. The minimum Gasteiger partial charge on any atom is -0.379 e. The Balaban J connectivity index is 0.000000110. The van der Waals surface area contributed by atoms with Crippen LogP contribution in [0.15, 0.2) is 122 Å². The molecular weight excluding hydrogens is 1740 g/mol. The summed E-state index contributed by atoms with van der Waals surface area (Å²) in [5.74, 6) is 5.26. The van der Waals surface area contributed by atoms with Crippen LogP contribution in [-0.2, 0) is 121 Å². The Bertz CT molecular complexity index is 6510. The lowest BCUT2D eigenvalue weighted by Crippen LogP contribution is -2.42. The van der Waals surface area contributed by atoms with Crippen molar-refractivity contribution >= 4 is 69.9 Å². The van der Waals surface area contributed by atoms with Gasteiger partial charge in [-0.1, -0.05) is 38.1 Å². The van der Waals surface area contributed by atoms with Crippen LogP contribution in [0.3, 0.4) is 0 Å². The van der Waals surface area contributed by atoms with E-state index in [9.17, 15) is 19.2 Å². The van der Waals surface area contributed by atoms with Crippen LogP contribution in [0.4, 0.5) is 55.6 Å². The average Bonchev–Trinajstić information content (AvgIpc) is 1.60. The fourth-order valence-electron chi connectivity index (χ4n) is 22.9. The van der Waals surface area contributed by atoms with Gasteiger partial charge >= 0.3 is 12.1 Å². The van der Waals surface area contributed by atoms with Gasteiger partial charge < -0.3 is 68.4 Å². The van der Waals surface area contributed by atoms with Gasteiger partial charge in [-0.25, -0.2) is 9.59 Å². The number of carbonyl (C=O) groups is 4. The van der Waals surface area contributed by atoms with Crippen molar-refractivity contribution in [2.24, 2.45) is 28.2 Å². The van der Waals surface area contributed by atoms with Crippen molar-refractivity contribution in [3.8, 4) is 44.5 Å². The van der Waals surface area contributed by atoms with Gasteiger partial charge in [0.25, 0.3) is 0 Å². The summed E-state index contributed by atoms with van der Waals surface area (Å²) in [5.41, 5.74) is 29.4. The van der Waals surface area contributed by atoms with Gasteiger partial charge in [-0.3, -0.25) is 47.0 Å². The van der Waals surface area contributed by atoms with E-state index in [1.54, 1.807) is 25.8 Å². The molecule has 34 nitrogen and oxygen atoms in total. The van der Waals surface area contributed by atoms with Crippen LogP contribution in [0.1, 0.15) is 189 Å². The molecule has 0 aliphatic carbocycles. The number of amides is 6. The molecule has 24 rings (SSSR count). The molecule has 0 saturated carbocycles. The minimum absolute atomic E-state index is 0.0336. The first-order valence-electron chi connectivity index (χ1n) is 49.9. The number of rotatable bonds is 13. The smallest absolute Gasteiger partial charge is 0.319 e. The molecule has 12 aliphatic heterocycles. The zero-order chi connectivity index (χ0) is 94.8. The molecule has 1 N–H and O–H groups in total. The fourth-order valence-corrected chi connectivity index (χ4v) is 22.9. The molecule has 6 atom stereocenters. The number of anilines is 8. The Morgan fingerprint density at radius 1 is 0.391 bits per heavy atom. The molecule has 138 heavy (non-hydrogen) atoms. The minimum atomic E-state index is -0.0336. The standard InChI is InChI=1S/C27H34N6O2.C26H33N7O2.C26H32N6O2.C25H31N7O2/c1-4-19-7-11-32(25-6-5-20(13-23(19)25)21-14-28-30(3)15-21)27-24-16-31(18(2)34)10-8-26(24)33(29-27)22-9-12-35-17-22;1-29(2)26(34)31-11-8-24-22(16-31)25(28-33(24)21-9-12-35-17-21)32-10-4-5-19-13-18(6-7-23(19)32)20-14-27-30(3)15-20;1-17-6-10-31(24-5-4-19(12-22(17)24)20-13-27-29(3)14-20)26-23-15-30(18(2)33)9-7-25(23)32(28-26)21-8-11-34-16-21;1-26-25(33)30-10-7-23-21(15-30)24(28-32(23)20-8-11-34-16-20)31-9-3-4-18-12-17(5-6-22(18)31)19-13-27-29(2)14-19/h5-6,13-15,19,22H,4,7-12,16-17H2,1-3H3;6-7,13-15,21H,4-5,8-12,16-17H2,1-3H3;4-5,12-14,17,21H,6-11,15-16H2,1-3H3;5-6,12-14,20H,3-4,7-11,15-16H2,1-2H3,(H,26,33)/t19?,22-;21-;17?,21-;20-/m0000/s1. The van der Waals surface area contributed by atoms with E-state index >= 15 is 0 Å². The van der Waals surface area contributed by atoms with E-state index in [-0.39, 0.29) is 48.0 Å². The van der Waals surface area contributed by atoms with Gasteiger partial charge in [0.2, 0.25) is 11.8 Å². The Morgan fingerprint density at radius 2 is 0.725 bits per heavy atom. The van der Waals surface area contributed by atoms with Crippen LogP contribution in [0.5, 0.6) is 0 Å². The number of hydrogen-bond donors (Lipinski definition) is 1. The summed E-state index contributed by atoms with van der Waals surface area (Å²) in [6, 6.07) is 28.1. The number of nitrogens with zero attached hydrogens (tertiary/aromatic N) is 25. The van der Waals surface area contributed by atoms with E-state index in [4.69, 9.17) is 39.3 Å². The summed E-state index contributed by atoms with van der Waals surface area (Å²) in [5, 5.41) is 41.0.